The topological polar surface area (TPSA) is 93.7 Å². The molecule has 0 bridgehead atoms. The number of carbonyl (C=O) groups is 3. The van der Waals surface area contributed by atoms with E-state index in [0.29, 0.717) is 24.9 Å². The molecule has 0 aliphatic rings. The first-order valence-corrected chi connectivity index (χ1v) is 9.43. The average Bonchev–Trinajstić information content (AvgIpc) is 2.55. The molecule has 0 saturated heterocycles. The third-order valence-corrected chi connectivity index (χ3v) is 3.37. The Morgan fingerprint density at radius 3 is 2.04 bits per heavy atom. The van der Waals surface area contributed by atoms with Crippen LogP contribution in [0.25, 0.3) is 0 Å². The molecule has 1 rings (SSSR count). The normalized spacial score (nSPS) is 12.6. The Balaban J connectivity index is 2.60. The zero-order valence-electron chi connectivity index (χ0n) is 17.6. The van der Waals surface area contributed by atoms with Crippen LogP contribution in [0.4, 0.5) is 4.79 Å². The van der Waals surface area contributed by atoms with Gasteiger partial charge in [-0.1, -0.05) is 18.2 Å². The lowest BCUT2D eigenvalue weighted by molar-refractivity contribution is -0.157. The molecular weight excluding hydrogens is 360 g/mol. The molecule has 0 aromatic heterocycles. The molecule has 0 fully saturated rings. The lowest BCUT2D eigenvalue weighted by Crippen LogP contribution is -2.46. The van der Waals surface area contributed by atoms with Gasteiger partial charge < -0.3 is 20.1 Å². The van der Waals surface area contributed by atoms with Gasteiger partial charge in [0.2, 0.25) is 0 Å². The van der Waals surface area contributed by atoms with Gasteiger partial charge in [0.25, 0.3) is 5.91 Å². The second kappa shape index (κ2) is 10.1. The zero-order chi connectivity index (χ0) is 21.4. The van der Waals surface area contributed by atoms with Gasteiger partial charge in [-0.25, -0.2) is 9.59 Å². The van der Waals surface area contributed by atoms with E-state index in [1.165, 1.54) is 0 Å². The number of carbonyl (C=O) groups excluding carboxylic acids is 3. The van der Waals surface area contributed by atoms with E-state index in [9.17, 15) is 14.4 Å². The Hall–Kier alpha value is -2.57. The molecule has 28 heavy (non-hydrogen) atoms. The highest BCUT2D eigenvalue weighted by Crippen LogP contribution is 2.12. The summed E-state index contributed by atoms with van der Waals surface area (Å²) in [6.07, 6.45) is 0.110. The molecule has 0 spiro atoms. The standard InChI is InChI=1S/C21H32N2O5/c1-20(2,3)27-18(25)16(23-19(26)28-21(4,5)6)13-10-14-22-17(24)15-11-8-7-9-12-15/h7-9,11-12,16H,10,13-14H2,1-6H3,(H,22,24)(H,23,26)/t16-/m1/s1. The monoisotopic (exact) mass is 392 g/mol. The Kier molecular flexibility index (Phi) is 8.47. The smallest absolute Gasteiger partial charge is 0.408 e. The zero-order valence-corrected chi connectivity index (χ0v) is 17.6. The fourth-order valence-corrected chi connectivity index (χ4v) is 2.27. The van der Waals surface area contributed by atoms with Crippen molar-refractivity contribution in [2.75, 3.05) is 6.54 Å². The first-order valence-electron chi connectivity index (χ1n) is 9.43. The van der Waals surface area contributed by atoms with Crippen LogP contribution in [-0.4, -0.2) is 41.8 Å². The largest absolute Gasteiger partial charge is 0.458 e. The van der Waals surface area contributed by atoms with Gasteiger partial charge in [-0.15, -0.1) is 0 Å². The van der Waals surface area contributed by atoms with Gasteiger partial charge >= 0.3 is 12.1 Å². The van der Waals surface area contributed by atoms with Crippen molar-refractivity contribution in [1.82, 2.24) is 10.6 Å². The molecule has 2 amide bonds. The van der Waals surface area contributed by atoms with Crippen molar-refractivity contribution in [3.05, 3.63) is 35.9 Å². The SMILES string of the molecule is CC(C)(C)OC(=O)N[C@H](CCCNC(=O)c1ccccc1)C(=O)OC(C)(C)C. The first-order chi connectivity index (χ1) is 12.9. The molecule has 1 aromatic rings. The summed E-state index contributed by atoms with van der Waals surface area (Å²) >= 11 is 0. The van der Waals surface area contributed by atoms with Gasteiger partial charge in [0.05, 0.1) is 0 Å². The van der Waals surface area contributed by atoms with Gasteiger partial charge in [0.1, 0.15) is 17.2 Å². The quantitative estimate of drug-likeness (QED) is 0.548. The predicted molar refractivity (Wildman–Crippen MR) is 107 cm³/mol. The number of nitrogens with one attached hydrogen (secondary N) is 2. The fourth-order valence-electron chi connectivity index (χ4n) is 2.27. The minimum Gasteiger partial charge on any atom is -0.458 e. The van der Waals surface area contributed by atoms with Crippen LogP contribution in [0.5, 0.6) is 0 Å². The summed E-state index contributed by atoms with van der Waals surface area (Å²) in [7, 11) is 0. The summed E-state index contributed by atoms with van der Waals surface area (Å²) in [6, 6.07) is 8.01. The van der Waals surface area contributed by atoms with Gasteiger partial charge in [-0.3, -0.25) is 4.79 Å². The number of benzene rings is 1. The van der Waals surface area contributed by atoms with Crippen LogP contribution in [0.1, 0.15) is 64.7 Å². The number of hydrogen-bond acceptors (Lipinski definition) is 5. The van der Waals surface area contributed by atoms with E-state index in [4.69, 9.17) is 9.47 Å². The number of hydrogen-bond donors (Lipinski definition) is 2. The molecule has 1 atom stereocenters. The second-order valence-corrected chi connectivity index (χ2v) is 8.50. The van der Waals surface area contributed by atoms with Crippen LogP contribution in [0, 0.1) is 0 Å². The lowest BCUT2D eigenvalue weighted by atomic mass is 10.1. The van der Waals surface area contributed by atoms with Crippen molar-refractivity contribution in [2.24, 2.45) is 0 Å². The van der Waals surface area contributed by atoms with Gasteiger partial charge in [0, 0.05) is 12.1 Å². The number of ether oxygens (including phenoxy) is 2. The third-order valence-electron chi connectivity index (χ3n) is 3.37. The van der Waals surface area contributed by atoms with Gasteiger partial charge in [-0.05, 0) is 66.5 Å². The molecule has 0 heterocycles. The molecule has 2 N–H and O–H groups in total. The summed E-state index contributed by atoms with van der Waals surface area (Å²) in [6.45, 7) is 10.9. The maximum atomic E-state index is 12.4. The van der Waals surface area contributed by atoms with E-state index in [-0.39, 0.29) is 5.91 Å². The summed E-state index contributed by atoms with van der Waals surface area (Å²) in [5.41, 5.74) is -0.781. The highest BCUT2D eigenvalue weighted by molar-refractivity contribution is 5.94. The van der Waals surface area contributed by atoms with Gasteiger partial charge in [-0.2, -0.15) is 0 Å². The van der Waals surface area contributed by atoms with E-state index in [1.54, 1.807) is 65.8 Å². The van der Waals surface area contributed by atoms with Crippen molar-refractivity contribution in [3.8, 4) is 0 Å². The average molecular weight is 392 g/mol. The Bertz CT molecular complexity index is 660. The van der Waals surface area contributed by atoms with E-state index in [0.717, 1.165) is 0 Å². The number of rotatable bonds is 7. The summed E-state index contributed by atoms with van der Waals surface area (Å²) in [4.78, 5) is 36.5. The third kappa shape index (κ3) is 9.94. The van der Waals surface area contributed by atoms with E-state index >= 15 is 0 Å². The van der Waals surface area contributed by atoms with Crippen molar-refractivity contribution in [2.45, 2.75) is 71.6 Å². The molecule has 156 valence electrons. The van der Waals surface area contributed by atoms with Crippen molar-refractivity contribution < 1.29 is 23.9 Å². The van der Waals surface area contributed by atoms with Crippen LogP contribution in [-0.2, 0) is 14.3 Å². The van der Waals surface area contributed by atoms with Crippen LogP contribution < -0.4 is 10.6 Å². The molecule has 0 saturated carbocycles. The van der Waals surface area contributed by atoms with E-state index < -0.39 is 29.3 Å². The summed E-state index contributed by atoms with van der Waals surface area (Å²) in [5, 5.41) is 5.37. The van der Waals surface area contributed by atoms with Crippen LogP contribution in [0.15, 0.2) is 30.3 Å². The summed E-state index contributed by atoms with van der Waals surface area (Å²) < 4.78 is 10.6. The first kappa shape index (κ1) is 23.5. The van der Waals surface area contributed by atoms with E-state index in [2.05, 4.69) is 10.6 Å². The maximum absolute atomic E-state index is 12.4. The predicted octanol–water partition coefficient (Wildman–Crippen LogP) is 3.43. The molecule has 0 unspecified atom stereocenters. The van der Waals surface area contributed by atoms with Crippen molar-refractivity contribution in [3.63, 3.8) is 0 Å². The molecule has 7 heteroatoms. The number of amides is 2. The molecule has 0 aliphatic carbocycles. The van der Waals surface area contributed by atoms with E-state index in [1.807, 2.05) is 6.07 Å². The highest BCUT2D eigenvalue weighted by atomic mass is 16.6. The molecule has 7 nitrogen and oxygen atoms in total. The second-order valence-electron chi connectivity index (χ2n) is 8.50. The van der Waals surface area contributed by atoms with Crippen LogP contribution in [0.2, 0.25) is 0 Å². The minimum atomic E-state index is -0.859. The number of alkyl carbamates (subject to hydrolysis) is 1. The van der Waals surface area contributed by atoms with Crippen LogP contribution >= 0.6 is 0 Å². The highest BCUT2D eigenvalue weighted by Gasteiger charge is 2.28. The molecule has 1 aromatic carbocycles. The Morgan fingerprint density at radius 2 is 1.50 bits per heavy atom. The molecule has 0 aliphatic heterocycles. The summed E-state index contributed by atoms with van der Waals surface area (Å²) in [5.74, 6) is -0.720. The molecular formula is C21H32N2O5. The van der Waals surface area contributed by atoms with Gasteiger partial charge in [0.15, 0.2) is 0 Å². The lowest BCUT2D eigenvalue weighted by Gasteiger charge is -2.26. The molecule has 0 radical (unpaired) electrons. The van der Waals surface area contributed by atoms with Crippen molar-refractivity contribution in [1.29, 1.82) is 0 Å². The fraction of sp³-hybridized carbons (Fsp3) is 0.571. The Labute approximate surface area is 167 Å². The number of esters is 1. The minimum absolute atomic E-state index is 0.186. The van der Waals surface area contributed by atoms with Crippen molar-refractivity contribution >= 4 is 18.0 Å². The maximum Gasteiger partial charge on any atom is 0.408 e. The Morgan fingerprint density at radius 1 is 0.929 bits per heavy atom. The van der Waals surface area contributed by atoms with Crippen LogP contribution in [0.3, 0.4) is 0 Å².